The lowest BCUT2D eigenvalue weighted by molar-refractivity contribution is -0.113. The minimum Gasteiger partial charge on any atom is -0.497 e. The number of nitrogens with one attached hydrogen (secondary N) is 1. The van der Waals surface area contributed by atoms with Gasteiger partial charge in [0, 0.05) is 35.8 Å². The van der Waals surface area contributed by atoms with Gasteiger partial charge in [0.1, 0.15) is 17.1 Å². The minimum absolute atomic E-state index is 0.244. The van der Waals surface area contributed by atoms with Gasteiger partial charge >= 0.3 is 0 Å². The number of nitrogens with zero attached hydrogens (tertiary/aromatic N) is 4. The van der Waals surface area contributed by atoms with E-state index in [9.17, 15) is 4.79 Å². The minimum atomic E-state index is -0.244. The maximum absolute atomic E-state index is 13.3. The molecule has 2 aromatic carbocycles. The van der Waals surface area contributed by atoms with Crippen LogP contribution in [-0.2, 0) is 11.3 Å². The lowest BCUT2D eigenvalue weighted by atomic mass is 10.1. The molecule has 0 atom stereocenters. The van der Waals surface area contributed by atoms with Crippen LogP contribution in [0.2, 0.25) is 0 Å². The average molecular weight is 468 g/mol. The summed E-state index contributed by atoms with van der Waals surface area (Å²) in [6, 6.07) is 21.1. The summed E-state index contributed by atoms with van der Waals surface area (Å²) >= 11 is 5.47. The largest absolute Gasteiger partial charge is 0.497 e. The van der Waals surface area contributed by atoms with E-state index in [1.165, 1.54) is 4.90 Å². The van der Waals surface area contributed by atoms with E-state index >= 15 is 0 Å². The van der Waals surface area contributed by atoms with Crippen molar-refractivity contribution in [2.75, 3.05) is 12.0 Å². The van der Waals surface area contributed by atoms with Crippen LogP contribution in [-0.4, -0.2) is 32.9 Å². The highest BCUT2D eigenvalue weighted by molar-refractivity contribution is 7.80. The fraction of sp³-hybridized carbons (Fsp3) is 0.0769. The molecule has 0 aliphatic carbocycles. The van der Waals surface area contributed by atoms with E-state index < -0.39 is 0 Å². The molecule has 1 aliphatic heterocycles. The van der Waals surface area contributed by atoms with Crippen LogP contribution in [0.3, 0.4) is 0 Å². The SMILES string of the molecule is COc1cccc(N2C(=O)/C(=C/c3cn(Cc4ccccc4)nc3-c3cccnc3)NC2=S)c1. The number of anilines is 1. The van der Waals surface area contributed by atoms with E-state index in [0.717, 1.165) is 22.4 Å². The second-order valence-electron chi connectivity index (χ2n) is 7.69. The van der Waals surface area contributed by atoms with Crippen LogP contribution >= 0.6 is 12.2 Å². The highest BCUT2D eigenvalue weighted by atomic mass is 32.1. The van der Waals surface area contributed by atoms with Gasteiger partial charge in [-0.15, -0.1) is 0 Å². The summed E-state index contributed by atoms with van der Waals surface area (Å²) < 4.78 is 7.15. The number of rotatable bonds is 6. The Bertz CT molecular complexity index is 1380. The second kappa shape index (κ2) is 9.29. The molecule has 34 heavy (non-hydrogen) atoms. The molecule has 0 unspecified atom stereocenters. The Labute approximate surface area is 202 Å². The lowest BCUT2D eigenvalue weighted by Gasteiger charge is -2.14. The number of pyridine rings is 1. The van der Waals surface area contributed by atoms with Gasteiger partial charge < -0.3 is 10.1 Å². The zero-order valence-electron chi connectivity index (χ0n) is 18.4. The fourth-order valence-electron chi connectivity index (χ4n) is 3.80. The van der Waals surface area contributed by atoms with Crippen molar-refractivity contribution >= 4 is 35.0 Å². The van der Waals surface area contributed by atoms with Crippen LogP contribution < -0.4 is 15.0 Å². The molecule has 0 spiro atoms. The molecule has 0 bridgehead atoms. The third-order valence-electron chi connectivity index (χ3n) is 5.40. The van der Waals surface area contributed by atoms with E-state index in [-0.39, 0.29) is 5.91 Å². The number of carbonyl (C=O) groups is 1. The molecular formula is C26H21N5O2S. The lowest BCUT2D eigenvalue weighted by Crippen LogP contribution is -2.30. The first-order chi connectivity index (χ1) is 16.6. The first-order valence-electron chi connectivity index (χ1n) is 10.7. The molecule has 0 saturated carbocycles. The molecule has 1 saturated heterocycles. The number of hydrogen-bond donors (Lipinski definition) is 1. The molecule has 0 radical (unpaired) electrons. The van der Waals surface area contributed by atoms with Crippen molar-refractivity contribution in [1.82, 2.24) is 20.1 Å². The summed E-state index contributed by atoms with van der Waals surface area (Å²) in [5, 5.41) is 8.15. The second-order valence-corrected chi connectivity index (χ2v) is 8.07. The zero-order valence-corrected chi connectivity index (χ0v) is 19.2. The van der Waals surface area contributed by atoms with Gasteiger partial charge in [-0.3, -0.25) is 19.4 Å². The standard InChI is InChI=1S/C26H21N5O2S/c1-33-22-11-5-10-21(14-22)31-25(32)23(28-26(31)34)13-20-17-30(16-18-7-3-2-4-8-18)29-24(20)19-9-6-12-27-15-19/h2-15,17H,16H2,1H3,(H,28,34)/b23-13-. The monoisotopic (exact) mass is 467 g/mol. The van der Waals surface area contributed by atoms with E-state index in [0.29, 0.717) is 28.8 Å². The Kier molecular flexibility index (Phi) is 5.88. The predicted molar refractivity (Wildman–Crippen MR) is 135 cm³/mol. The highest BCUT2D eigenvalue weighted by Gasteiger charge is 2.32. The molecule has 5 rings (SSSR count). The van der Waals surface area contributed by atoms with Gasteiger partial charge in [-0.2, -0.15) is 5.10 Å². The molecule has 7 nitrogen and oxygen atoms in total. The average Bonchev–Trinajstić information content (AvgIpc) is 3.39. The Hall–Kier alpha value is -4.30. The van der Waals surface area contributed by atoms with Crippen molar-refractivity contribution in [3.63, 3.8) is 0 Å². The van der Waals surface area contributed by atoms with Crippen LogP contribution in [0.1, 0.15) is 11.1 Å². The summed E-state index contributed by atoms with van der Waals surface area (Å²) in [6.07, 6.45) is 7.18. The summed E-state index contributed by atoms with van der Waals surface area (Å²) in [6.45, 7) is 0.604. The Morgan fingerprint density at radius 3 is 2.71 bits per heavy atom. The van der Waals surface area contributed by atoms with Crippen molar-refractivity contribution in [2.45, 2.75) is 6.54 Å². The molecule has 1 amide bonds. The molecule has 2 aromatic heterocycles. The van der Waals surface area contributed by atoms with Gasteiger partial charge in [0.05, 0.1) is 19.3 Å². The first kappa shape index (κ1) is 21.5. The molecule has 3 heterocycles. The van der Waals surface area contributed by atoms with Crippen molar-refractivity contribution in [2.24, 2.45) is 0 Å². The number of amides is 1. The van der Waals surface area contributed by atoms with Gasteiger partial charge in [-0.05, 0) is 48.1 Å². The van der Waals surface area contributed by atoms with Crippen LogP contribution in [0.5, 0.6) is 5.75 Å². The van der Waals surface area contributed by atoms with E-state index in [1.807, 2.05) is 59.4 Å². The molecule has 1 N–H and O–H groups in total. The number of ether oxygens (including phenoxy) is 1. The maximum Gasteiger partial charge on any atom is 0.281 e. The molecule has 168 valence electrons. The number of thiocarbonyl (C=S) groups is 1. The Balaban J connectivity index is 1.52. The van der Waals surface area contributed by atoms with Gasteiger partial charge in [0.25, 0.3) is 5.91 Å². The highest BCUT2D eigenvalue weighted by Crippen LogP contribution is 2.28. The Morgan fingerprint density at radius 1 is 1.09 bits per heavy atom. The van der Waals surface area contributed by atoms with Crippen LogP contribution in [0.4, 0.5) is 5.69 Å². The molecule has 1 fully saturated rings. The fourth-order valence-corrected chi connectivity index (χ4v) is 4.09. The maximum atomic E-state index is 13.3. The molecule has 4 aromatic rings. The molecular weight excluding hydrogens is 446 g/mol. The number of hydrogen-bond acceptors (Lipinski definition) is 5. The normalized spacial score (nSPS) is 14.5. The van der Waals surface area contributed by atoms with Crippen LogP contribution in [0.25, 0.3) is 17.3 Å². The van der Waals surface area contributed by atoms with Crippen molar-refractivity contribution < 1.29 is 9.53 Å². The third-order valence-corrected chi connectivity index (χ3v) is 5.69. The predicted octanol–water partition coefficient (Wildman–Crippen LogP) is 4.26. The number of aromatic nitrogens is 3. The smallest absolute Gasteiger partial charge is 0.281 e. The van der Waals surface area contributed by atoms with Crippen LogP contribution in [0.15, 0.2) is 91.0 Å². The van der Waals surface area contributed by atoms with Gasteiger partial charge in [0.2, 0.25) is 0 Å². The van der Waals surface area contributed by atoms with E-state index in [4.69, 9.17) is 22.1 Å². The summed E-state index contributed by atoms with van der Waals surface area (Å²) in [4.78, 5) is 19.0. The van der Waals surface area contributed by atoms with Crippen molar-refractivity contribution in [1.29, 1.82) is 0 Å². The third kappa shape index (κ3) is 4.31. The summed E-state index contributed by atoms with van der Waals surface area (Å²) in [7, 11) is 1.58. The van der Waals surface area contributed by atoms with Crippen molar-refractivity contribution in [3.05, 3.63) is 102 Å². The zero-order chi connectivity index (χ0) is 23.5. The molecule has 1 aliphatic rings. The Morgan fingerprint density at radius 2 is 1.94 bits per heavy atom. The van der Waals surface area contributed by atoms with Gasteiger partial charge in [-0.25, -0.2) is 0 Å². The quantitative estimate of drug-likeness (QED) is 0.337. The number of carbonyl (C=O) groups excluding carboxylic acids is 1. The first-order valence-corrected chi connectivity index (χ1v) is 11.1. The van der Waals surface area contributed by atoms with Gasteiger partial charge in [0.15, 0.2) is 5.11 Å². The summed E-state index contributed by atoms with van der Waals surface area (Å²) in [5.41, 5.74) is 4.52. The number of methoxy groups -OCH3 is 1. The van der Waals surface area contributed by atoms with Gasteiger partial charge in [-0.1, -0.05) is 36.4 Å². The van der Waals surface area contributed by atoms with Crippen LogP contribution in [0, 0.1) is 0 Å². The van der Waals surface area contributed by atoms with E-state index in [1.54, 1.807) is 31.6 Å². The topological polar surface area (TPSA) is 72.3 Å². The summed E-state index contributed by atoms with van der Waals surface area (Å²) in [5.74, 6) is 0.401. The number of benzene rings is 2. The van der Waals surface area contributed by atoms with Crippen molar-refractivity contribution in [3.8, 4) is 17.0 Å². The van der Waals surface area contributed by atoms with E-state index in [2.05, 4.69) is 22.4 Å². The molecule has 8 heteroatoms.